The Balaban J connectivity index is 2.66. The predicted octanol–water partition coefficient (Wildman–Crippen LogP) is 2.16. The van der Waals surface area contributed by atoms with Crippen LogP contribution in [0, 0.1) is 0 Å². The average Bonchev–Trinajstić information content (AvgIpc) is 2.67. The Morgan fingerprint density at radius 3 is 2.86 bits per heavy atom. The number of halogens is 1. The smallest absolute Gasteiger partial charge is 0.120 e. The standard InChI is InChI=1S/C9H5ClN4/c10-5-3-6-8(12-2-1-11-6)9-7(5)13-4-14-9/h1-4,11H. The predicted molar refractivity (Wildman–Crippen MR) is 54.2 cm³/mol. The second-order valence-corrected chi connectivity index (χ2v) is 3.32. The number of nitrogens with one attached hydrogen (secondary N) is 1. The summed E-state index contributed by atoms with van der Waals surface area (Å²) < 4.78 is 0. The number of nitrogens with zero attached hydrogens (tertiary/aromatic N) is 3. The molecule has 0 unspecified atom stereocenters. The lowest BCUT2D eigenvalue weighted by atomic mass is 10.2. The van der Waals surface area contributed by atoms with Gasteiger partial charge in [-0.05, 0) is 6.07 Å². The van der Waals surface area contributed by atoms with Crippen LogP contribution < -0.4 is 0 Å². The minimum atomic E-state index is 0.592. The third-order valence-electron chi connectivity index (χ3n) is 2.09. The van der Waals surface area contributed by atoms with E-state index in [4.69, 9.17) is 11.6 Å². The Bertz CT molecular complexity index is 616. The molecule has 2 aromatic heterocycles. The molecular formula is C9H5ClN4. The summed E-state index contributed by atoms with van der Waals surface area (Å²) in [5.74, 6) is 0. The minimum Gasteiger partial charge on any atom is -0.358 e. The van der Waals surface area contributed by atoms with Gasteiger partial charge < -0.3 is 4.98 Å². The number of aromatic amines is 1. The highest BCUT2D eigenvalue weighted by Gasteiger charge is 2.08. The van der Waals surface area contributed by atoms with E-state index in [0.717, 1.165) is 16.6 Å². The molecule has 0 aliphatic rings. The van der Waals surface area contributed by atoms with Gasteiger partial charge in [0, 0.05) is 12.4 Å². The fourth-order valence-corrected chi connectivity index (χ4v) is 1.73. The second kappa shape index (κ2) is 2.65. The molecule has 4 nitrogen and oxygen atoms in total. The maximum atomic E-state index is 6.03. The lowest BCUT2D eigenvalue weighted by Gasteiger charge is -1.98. The van der Waals surface area contributed by atoms with Gasteiger partial charge in [0.25, 0.3) is 0 Å². The second-order valence-electron chi connectivity index (χ2n) is 2.91. The Labute approximate surface area is 84.0 Å². The van der Waals surface area contributed by atoms with E-state index >= 15 is 0 Å². The molecule has 0 fully saturated rings. The first-order valence-electron chi connectivity index (χ1n) is 4.08. The number of H-pyrrole nitrogens is 1. The number of imidazole rings is 1. The zero-order valence-electron chi connectivity index (χ0n) is 7.03. The van der Waals surface area contributed by atoms with Crippen molar-refractivity contribution in [2.24, 2.45) is 0 Å². The number of rotatable bonds is 0. The summed E-state index contributed by atoms with van der Waals surface area (Å²) in [4.78, 5) is 15.5. The maximum absolute atomic E-state index is 6.03. The molecule has 5 heteroatoms. The Morgan fingerprint density at radius 2 is 1.93 bits per heavy atom. The molecule has 3 rings (SSSR count). The fourth-order valence-electron chi connectivity index (χ4n) is 1.49. The summed E-state index contributed by atoms with van der Waals surface area (Å²) in [6.07, 6.45) is 4.93. The molecule has 2 heterocycles. The number of aromatic nitrogens is 4. The molecule has 0 aliphatic heterocycles. The lowest BCUT2D eigenvalue weighted by Crippen LogP contribution is -1.84. The van der Waals surface area contributed by atoms with Gasteiger partial charge in [-0.15, -0.1) is 0 Å². The van der Waals surface area contributed by atoms with Crippen LogP contribution in [-0.2, 0) is 0 Å². The van der Waals surface area contributed by atoms with Crippen molar-refractivity contribution in [1.82, 2.24) is 19.9 Å². The van der Waals surface area contributed by atoms with Crippen molar-refractivity contribution in [2.75, 3.05) is 0 Å². The van der Waals surface area contributed by atoms with Gasteiger partial charge in [0.15, 0.2) is 0 Å². The molecule has 0 atom stereocenters. The third-order valence-corrected chi connectivity index (χ3v) is 2.38. The molecular weight excluding hydrogens is 200 g/mol. The molecule has 1 aromatic carbocycles. The number of benzene rings is 1. The summed E-state index contributed by atoms with van der Waals surface area (Å²) in [6, 6.07) is 1.81. The van der Waals surface area contributed by atoms with Crippen LogP contribution in [0.15, 0.2) is 24.8 Å². The number of hydrogen-bond acceptors (Lipinski definition) is 3. The van der Waals surface area contributed by atoms with E-state index in [1.54, 1.807) is 18.5 Å². The molecule has 0 saturated carbocycles. The van der Waals surface area contributed by atoms with Crippen LogP contribution in [0.3, 0.4) is 0 Å². The SMILES string of the molecule is Clc1cc2[nH]ccnc2c2ncnc12. The van der Waals surface area contributed by atoms with E-state index in [2.05, 4.69) is 19.9 Å². The third kappa shape index (κ3) is 0.914. The van der Waals surface area contributed by atoms with Crippen LogP contribution in [0.25, 0.3) is 22.1 Å². The molecule has 0 amide bonds. The summed E-state index contributed by atoms with van der Waals surface area (Å²) in [5, 5.41) is 0.592. The van der Waals surface area contributed by atoms with E-state index in [-0.39, 0.29) is 0 Å². The highest BCUT2D eigenvalue weighted by atomic mass is 35.5. The van der Waals surface area contributed by atoms with Crippen molar-refractivity contribution in [2.45, 2.75) is 0 Å². The minimum absolute atomic E-state index is 0.592. The topological polar surface area (TPSA) is 54.5 Å². The monoisotopic (exact) mass is 204 g/mol. The van der Waals surface area contributed by atoms with Crippen molar-refractivity contribution >= 4 is 33.7 Å². The van der Waals surface area contributed by atoms with Gasteiger partial charge >= 0.3 is 0 Å². The molecule has 0 radical (unpaired) electrons. The molecule has 3 aromatic rings. The lowest BCUT2D eigenvalue weighted by molar-refractivity contribution is 1.29. The normalized spacial score (nSPS) is 11.2. The summed E-state index contributed by atoms with van der Waals surface area (Å²) in [6.45, 7) is 0. The van der Waals surface area contributed by atoms with Crippen LogP contribution in [-0.4, -0.2) is 19.9 Å². The zero-order valence-corrected chi connectivity index (χ0v) is 7.78. The number of fused-ring (bicyclic) bond motifs is 3. The van der Waals surface area contributed by atoms with Gasteiger partial charge in [-0.3, -0.25) is 4.98 Å². The van der Waals surface area contributed by atoms with Crippen LogP contribution in [0.4, 0.5) is 0 Å². The van der Waals surface area contributed by atoms with Crippen molar-refractivity contribution in [1.29, 1.82) is 0 Å². The largest absolute Gasteiger partial charge is 0.358 e. The van der Waals surface area contributed by atoms with Gasteiger partial charge in [-0.2, -0.15) is 0 Å². The summed E-state index contributed by atoms with van der Waals surface area (Å²) >= 11 is 6.03. The highest BCUT2D eigenvalue weighted by Crippen LogP contribution is 2.26. The van der Waals surface area contributed by atoms with Crippen molar-refractivity contribution in [3.8, 4) is 0 Å². The fraction of sp³-hybridized carbons (Fsp3) is 0. The van der Waals surface area contributed by atoms with Crippen LogP contribution >= 0.6 is 11.6 Å². The van der Waals surface area contributed by atoms with E-state index < -0.39 is 0 Å². The van der Waals surface area contributed by atoms with Crippen molar-refractivity contribution < 1.29 is 0 Å². The van der Waals surface area contributed by atoms with Crippen LogP contribution in [0.2, 0.25) is 5.02 Å². The molecule has 0 aliphatic carbocycles. The summed E-state index contributed by atoms with van der Waals surface area (Å²) in [7, 11) is 0. The van der Waals surface area contributed by atoms with Gasteiger partial charge in [-0.1, -0.05) is 11.6 Å². The maximum Gasteiger partial charge on any atom is 0.120 e. The van der Waals surface area contributed by atoms with Gasteiger partial charge in [0.05, 0.1) is 10.5 Å². The first-order chi connectivity index (χ1) is 6.86. The quantitative estimate of drug-likeness (QED) is 0.611. The first-order valence-corrected chi connectivity index (χ1v) is 4.46. The molecule has 1 N–H and O–H groups in total. The van der Waals surface area contributed by atoms with Crippen LogP contribution in [0.1, 0.15) is 0 Å². The van der Waals surface area contributed by atoms with Gasteiger partial charge in [0.1, 0.15) is 22.9 Å². The van der Waals surface area contributed by atoms with E-state index in [9.17, 15) is 0 Å². The average molecular weight is 205 g/mol. The van der Waals surface area contributed by atoms with E-state index in [1.165, 1.54) is 6.33 Å². The molecule has 68 valence electrons. The summed E-state index contributed by atoms with van der Waals surface area (Å²) in [5.41, 5.74) is 3.10. The molecule has 0 bridgehead atoms. The molecule has 14 heavy (non-hydrogen) atoms. The Morgan fingerprint density at radius 1 is 1.07 bits per heavy atom. The van der Waals surface area contributed by atoms with Crippen molar-refractivity contribution in [3.63, 3.8) is 0 Å². The number of hydrogen-bond donors (Lipinski definition) is 1. The molecule has 0 saturated heterocycles. The Kier molecular flexibility index (Phi) is 1.46. The van der Waals surface area contributed by atoms with Crippen LogP contribution in [0.5, 0.6) is 0 Å². The van der Waals surface area contributed by atoms with Gasteiger partial charge in [0.2, 0.25) is 0 Å². The van der Waals surface area contributed by atoms with Crippen molar-refractivity contribution in [3.05, 3.63) is 29.8 Å². The zero-order chi connectivity index (χ0) is 9.54. The van der Waals surface area contributed by atoms with E-state index in [0.29, 0.717) is 10.5 Å². The van der Waals surface area contributed by atoms with E-state index in [1.807, 2.05) is 0 Å². The highest BCUT2D eigenvalue weighted by molar-refractivity contribution is 6.36. The molecule has 0 spiro atoms. The first kappa shape index (κ1) is 7.70. The van der Waals surface area contributed by atoms with Gasteiger partial charge in [-0.25, -0.2) is 9.97 Å². The Hall–Kier alpha value is -1.68.